The van der Waals surface area contributed by atoms with Crippen molar-refractivity contribution in [2.45, 2.75) is 0 Å². The lowest BCUT2D eigenvalue weighted by Crippen LogP contribution is -2.00. The second-order valence-corrected chi connectivity index (χ2v) is 3.21. The number of para-hydroxylation sites is 1. The van der Waals surface area contributed by atoms with Crippen LogP contribution in [-0.2, 0) is 0 Å². The van der Waals surface area contributed by atoms with E-state index in [0.29, 0.717) is 11.1 Å². The minimum Gasteiger partial charge on any atom is -0.507 e. The van der Waals surface area contributed by atoms with Crippen LogP contribution in [0.3, 0.4) is 0 Å². The van der Waals surface area contributed by atoms with Crippen molar-refractivity contribution >= 4 is 5.78 Å². The summed E-state index contributed by atoms with van der Waals surface area (Å²) in [5.74, 6) is -0.139. The van der Waals surface area contributed by atoms with Crippen LogP contribution in [0.2, 0.25) is 0 Å². The van der Waals surface area contributed by atoms with Gasteiger partial charge in [0.2, 0.25) is 0 Å². The number of carbonyl (C=O) groups is 1. The Balaban J connectivity index is 0.00000128. The third-order valence-electron chi connectivity index (χ3n) is 2.18. The topological polar surface area (TPSA) is 68.8 Å². The van der Waals surface area contributed by atoms with Crippen LogP contribution in [0.5, 0.6) is 5.75 Å². The smallest absolute Gasteiger partial charge is 0.196 e. The molecule has 82 valence electrons. The van der Waals surface area contributed by atoms with E-state index < -0.39 is 0 Å². The number of carbonyl (C=O) groups excluding carboxylic acids is 1. The fraction of sp³-hybridized carbons (Fsp3) is 0. The first-order chi connectivity index (χ1) is 7.29. The molecule has 3 nitrogen and oxygen atoms in total. The van der Waals surface area contributed by atoms with Crippen LogP contribution in [-0.4, -0.2) is 16.4 Å². The van der Waals surface area contributed by atoms with Gasteiger partial charge in [-0.3, -0.25) is 4.79 Å². The minimum absolute atomic E-state index is 0. The molecule has 0 heterocycles. The Labute approximate surface area is 93.3 Å². The van der Waals surface area contributed by atoms with Gasteiger partial charge in [-0.2, -0.15) is 0 Å². The fourth-order valence-corrected chi connectivity index (χ4v) is 1.41. The van der Waals surface area contributed by atoms with Gasteiger partial charge in [0.05, 0.1) is 5.56 Å². The van der Waals surface area contributed by atoms with Crippen LogP contribution in [0, 0.1) is 0 Å². The summed E-state index contributed by atoms with van der Waals surface area (Å²) in [6.07, 6.45) is 0. The third kappa shape index (κ3) is 2.27. The van der Waals surface area contributed by atoms with E-state index in [1.807, 2.05) is 6.07 Å². The Morgan fingerprint density at radius 3 is 2.06 bits per heavy atom. The van der Waals surface area contributed by atoms with Crippen LogP contribution in [0.15, 0.2) is 54.6 Å². The summed E-state index contributed by atoms with van der Waals surface area (Å²) < 4.78 is 0. The number of hydrogen-bond donors (Lipinski definition) is 1. The molecule has 0 bridgehead atoms. The monoisotopic (exact) mass is 216 g/mol. The van der Waals surface area contributed by atoms with E-state index in [4.69, 9.17) is 0 Å². The molecule has 0 aromatic heterocycles. The lowest BCUT2D eigenvalue weighted by Gasteiger charge is -2.02. The Bertz CT molecular complexity index is 478. The molecule has 0 amide bonds. The molecule has 0 unspecified atom stereocenters. The summed E-state index contributed by atoms with van der Waals surface area (Å²) in [6.45, 7) is 0. The maximum absolute atomic E-state index is 11.9. The molecule has 0 aliphatic heterocycles. The zero-order valence-corrected chi connectivity index (χ0v) is 8.55. The lowest BCUT2D eigenvalue weighted by atomic mass is 10.0. The zero-order chi connectivity index (χ0) is 10.7. The zero-order valence-electron chi connectivity index (χ0n) is 8.55. The van der Waals surface area contributed by atoms with Crippen LogP contribution >= 0.6 is 0 Å². The number of phenols is 1. The normalized spacial score (nSPS) is 9.25. The van der Waals surface area contributed by atoms with Crippen molar-refractivity contribution < 1.29 is 15.4 Å². The maximum Gasteiger partial charge on any atom is 0.196 e. The van der Waals surface area contributed by atoms with Crippen LogP contribution < -0.4 is 0 Å². The summed E-state index contributed by atoms with van der Waals surface area (Å²) in [4.78, 5) is 11.9. The second kappa shape index (κ2) is 5.09. The van der Waals surface area contributed by atoms with Gasteiger partial charge in [0.25, 0.3) is 0 Å². The third-order valence-corrected chi connectivity index (χ3v) is 2.18. The highest BCUT2D eigenvalue weighted by atomic mass is 16.3. The number of rotatable bonds is 2. The molecule has 16 heavy (non-hydrogen) atoms. The van der Waals surface area contributed by atoms with Gasteiger partial charge in [0, 0.05) is 5.56 Å². The molecule has 0 saturated carbocycles. The summed E-state index contributed by atoms with van der Waals surface area (Å²) in [7, 11) is 0. The Hall–Kier alpha value is -2.13. The highest BCUT2D eigenvalue weighted by Crippen LogP contribution is 2.19. The van der Waals surface area contributed by atoms with E-state index in [2.05, 4.69) is 0 Å². The fourth-order valence-electron chi connectivity index (χ4n) is 1.41. The summed E-state index contributed by atoms with van der Waals surface area (Å²) in [6, 6.07) is 15.5. The summed E-state index contributed by atoms with van der Waals surface area (Å²) in [5.41, 5.74) is 0.919. The van der Waals surface area contributed by atoms with E-state index in [1.165, 1.54) is 6.07 Å². The average molecular weight is 216 g/mol. The van der Waals surface area contributed by atoms with Crippen molar-refractivity contribution in [2.24, 2.45) is 0 Å². The lowest BCUT2D eigenvalue weighted by molar-refractivity contribution is 0.103. The van der Waals surface area contributed by atoms with Gasteiger partial charge >= 0.3 is 0 Å². The van der Waals surface area contributed by atoms with Gasteiger partial charge in [0.15, 0.2) is 5.78 Å². The second-order valence-electron chi connectivity index (χ2n) is 3.21. The van der Waals surface area contributed by atoms with Crippen LogP contribution in [0.1, 0.15) is 15.9 Å². The molecule has 0 spiro atoms. The van der Waals surface area contributed by atoms with Crippen molar-refractivity contribution in [1.29, 1.82) is 0 Å². The molecular formula is C13H12O3. The first kappa shape index (κ1) is 11.9. The quantitative estimate of drug-likeness (QED) is 0.777. The highest BCUT2D eigenvalue weighted by Gasteiger charge is 2.11. The molecule has 0 atom stereocenters. The van der Waals surface area contributed by atoms with E-state index in [1.54, 1.807) is 42.5 Å². The maximum atomic E-state index is 11.9. The van der Waals surface area contributed by atoms with Gasteiger partial charge in [-0.05, 0) is 12.1 Å². The number of benzene rings is 2. The van der Waals surface area contributed by atoms with Gasteiger partial charge in [-0.1, -0.05) is 42.5 Å². The average Bonchev–Trinajstić information content (AvgIpc) is 2.30. The van der Waals surface area contributed by atoms with Gasteiger partial charge in [0.1, 0.15) is 5.75 Å². The van der Waals surface area contributed by atoms with Crippen molar-refractivity contribution in [3.05, 3.63) is 65.7 Å². The summed E-state index contributed by atoms with van der Waals surface area (Å²) >= 11 is 0. The van der Waals surface area contributed by atoms with Crippen molar-refractivity contribution in [3.63, 3.8) is 0 Å². The van der Waals surface area contributed by atoms with E-state index in [-0.39, 0.29) is 17.0 Å². The standard InChI is InChI=1S/C13H10O2.H2O/c14-12-9-5-4-8-11(12)13(15)10-6-2-1-3-7-10;/h1-9,14H;1H2. The summed E-state index contributed by atoms with van der Waals surface area (Å²) in [5, 5.41) is 9.52. The molecule has 0 radical (unpaired) electrons. The first-order valence-corrected chi connectivity index (χ1v) is 4.67. The van der Waals surface area contributed by atoms with Gasteiger partial charge < -0.3 is 10.6 Å². The SMILES string of the molecule is O.O=C(c1ccccc1)c1ccccc1O. The number of ketones is 1. The molecule has 0 aliphatic carbocycles. The van der Waals surface area contributed by atoms with Crippen LogP contribution in [0.4, 0.5) is 0 Å². The van der Waals surface area contributed by atoms with Crippen molar-refractivity contribution in [2.75, 3.05) is 0 Å². The van der Waals surface area contributed by atoms with Crippen LogP contribution in [0.25, 0.3) is 0 Å². The predicted molar refractivity (Wildman–Crippen MR) is 61.6 cm³/mol. The molecule has 2 aromatic rings. The molecule has 2 rings (SSSR count). The Kier molecular flexibility index (Phi) is 3.80. The van der Waals surface area contributed by atoms with E-state index in [9.17, 15) is 9.90 Å². The van der Waals surface area contributed by atoms with Crippen molar-refractivity contribution in [3.8, 4) is 5.75 Å². The first-order valence-electron chi connectivity index (χ1n) is 4.67. The molecular weight excluding hydrogens is 204 g/mol. The van der Waals surface area contributed by atoms with Crippen molar-refractivity contribution in [1.82, 2.24) is 0 Å². The predicted octanol–water partition coefficient (Wildman–Crippen LogP) is 1.80. The molecule has 0 aliphatic rings. The molecule has 0 saturated heterocycles. The Morgan fingerprint density at radius 1 is 0.875 bits per heavy atom. The molecule has 3 N–H and O–H groups in total. The minimum atomic E-state index is -0.159. The van der Waals surface area contributed by atoms with E-state index >= 15 is 0 Å². The number of aromatic hydroxyl groups is 1. The van der Waals surface area contributed by atoms with E-state index in [0.717, 1.165) is 0 Å². The Morgan fingerprint density at radius 2 is 1.44 bits per heavy atom. The molecule has 3 heteroatoms. The van der Waals surface area contributed by atoms with Gasteiger partial charge in [-0.15, -0.1) is 0 Å². The largest absolute Gasteiger partial charge is 0.507 e. The number of phenolic OH excluding ortho intramolecular Hbond substituents is 1. The highest BCUT2D eigenvalue weighted by molar-refractivity contribution is 6.10. The van der Waals surface area contributed by atoms with Gasteiger partial charge in [-0.25, -0.2) is 0 Å². The molecule has 0 fully saturated rings. The molecule has 2 aromatic carbocycles. The number of hydrogen-bond acceptors (Lipinski definition) is 2.